The number of aliphatic hydroxyl groups excluding tert-OH is 1. The number of aliphatic hydroxyl groups is 1. The van der Waals surface area contributed by atoms with Gasteiger partial charge in [-0.3, -0.25) is 24.0 Å². The number of piperidine rings is 1. The Morgan fingerprint density at radius 2 is 1.57 bits per heavy atom. The zero-order valence-corrected chi connectivity index (χ0v) is 32.5. The molecule has 18 heteroatoms. The van der Waals surface area contributed by atoms with E-state index in [9.17, 15) is 47.4 Å². The minimum absolute atomic E-state index is 0.00757. The van der Waals surface area contributed by atoms with Crippen LogP contribution in [0.15, 0.2) is 42.5 Å². The predicted octanol–water partition coefficient (Wildman–Crippen LogP) is 1.13. The summed E-state index contributed by atoms with van der Waals surface area (Å²) in [6.45, 7) is 4.43. The van der Waals surface area contributed by atoms with Crippen LogP contribution in [0.1, 0.15) is 57.1 Å². The fourth-order valence-electron chi connectivity index (χ4n) is 8.13. The van der Waals surface area contributed by atoms with Gasteiger partial charge in [-0.2, -0.15) is 0 Å². The number of rotatable bonds is 6. The van der Waals surface area contributed by atoms with E-state index in [0.29, 0.717) is 24.6 Å². The van der Waals surface area contributed by atoms with E-state index in [1.807, 2.05) is 13.8 Å². The molecular weight excluding hydrogens is 760 g/mol. The van der Waals surface area contributed by atoms with E-state index in [1.54, 1.807) is 24.3 Å². The van der Waals surface area contributed by atoms with Crippen LogP contribution in [0.5, 0.6) is 0 Å². The highest BCUT2D eigenvalue weighted by molar-refractivity contribution is 5.98. The van der Waals surface area contributed by atoms with Crippen molar-refractivity contribution >= 4 is 47.2 Å². The lowest BCUT2D eigenvalue weighted by atomic mass is 9.99. The number of carbonyl (C=O) groups excluding carboxylic acids is 7. The first-order valence-corrected chi connectivity index (χ1v) is 19.5. The first kappa shape index (κ1) is 42.0. The number of hydrogen-bond donors (Lipinski definition) is 5. The first-order chi connectivity index (χ1) is 27.6. The maximum atomic E-state index is 14.5. The Balaban J connectivity index is 1.33. The summed E-state index contributed by atoms with van der Waals surface area (Å²) in [7, 11) is 0. The summed E-state index contributed by atoms with van der Waals surface area (Å²) < 4.78 is 34.2. The van der Waals surface area contributed by atoms with E-state index in [4.69, 9.17) is 4.74 Å². The molecule has 4 saturated heterocycles. The highest BCUT2D eigenvalue weighted by Gasteiger charge is 2.47. The largest absolute Gasteiger partial charge is 0.461 e. The Bertz CT molecular complexity index is 1910. The molecular formula is C40H49F2N7O9. The smallest absolute Gasteiger partial charge is 0.328 e. The molecule has 8 atom stereocenters. The third-order valence-electron chi connectivity index (χ3n) is 11.0. The van der Waals surface area contributed by atoms with Crippen LogP contribution in [-0.2, 0) is 39.9 Å². The molecule has 0 radical (unpaired) electrons. The molecule has 2 aromatic rings. The normalized spacial score (nSPS) is 27.5. The van der Waals surface area contributed by atoms with Gasteiger partial charge >= 0.3 is 12.0 Å². The van der Waals surface area contributed by atoms with E-state index in [-0.39, 0.29) is 50.4 Å². The number of urea groups is 1. The molecule has 58 heavy (non-hydrogen) atoms. The van der Waals surface area contributed by atoms with Crippen LogP contribution in [0.2, 0.25) is 0 Å². The Kier molecular flexibility index (Phi) is 12.9. The van der Waals surface area contributed by atoms with Gasteiger partial charge in [-0.25, -0.2) is 18.4 Å². The molecule has 0 bridgehead atoms. The Morgan fingerprint density at radius 3 is 2.28 bits per heavy atom. The molecule has 0 aliphatic carbocycles. The lowest BCUT2D eigenvalue weighted by molar-refractivity contribution is -0.158. The second kappa shape index (κ2) is 17.9. The highest BCUT2D eigenvalue weighted by atomic mass is 19.1. The minimum atomic E-state index is -1.71. The van der Waals surface area contributed by atoms with Crippen molar-refractivity contribution in [2.75, 3.05) is 31.6 Å². The molecule has 7 amide bonds. The lowest BCUT2D eigenvalue weighted by Crippen LogP contribution is -2.62. The van der Waals surface area contributed by atoms with Crippen LogP contribution in [0.25, 0.3) is 0 Å². The van der Waals surface area contributed by atoms with Gasteiger partial charge in [-0.1, -0.05) is 24.6 Å². The molecule has 0 saturated carbocycles. The molecule has 4 heterocycles. The summed E-state index contributed by atoms with van der Waals surface area (Å²) in [4.78, 5) is 101. The van der Waals surface area contributed by atoms with Crippen molar-refractivity contribution in [1.29, 1.82) is 0 Å². The summed E-state index contributed by atoms with van der Waals surface area (Å²) in [5.74, 6) is -6.54. The van der Waals surface area contributed by atoms with Crippen molar-refractivity contribution in [2.45, 2.75) is 102 Å². The van der Waals surface area contributed by atoms with Crippen LogP contribution in [0.3, 0.4) is 0 Å². The number of cyclic esters (lactones) is 1. The molecule has 0 spiro atoms. The van der Waals surface area contributed by atoms with Gasteiger partial charge in [0.1, 0.15) is 54.5 Å². The van der Waals surface area contributed by atoms with Crippen LogP contribution in [0.4, 0.5) is 19.3 Å². The number of aryl methyl sites for hydroxylation is 1. The number of amides is 7. The quantitative estimate of drug-likeness (QED) is 0.265. The number of fused-ring (bicyclic) bond motifs is 3. The minimum Gasteiger partial charge on any atom is -0.461 e. The van der Waals surface area contributed by atoms with Crippen LogP contribution < -0.4 is 21.3 Å². The van der Waals surface area contributed by atoms with E-state index in [1.165, 1.54) is 16.7 Å². The standard InChI is InChI=1S/C40H49F2N7O9/c1-21-7-9-27(10-8-21)44-40(57)46-29(15-24-13-25(41)16-26(42)14-24)34(51)45-30-20-58-39(56)33-12-22(2)18-48(33)36(53)23(3)43-35(52)31-6-4-5-11-47(31)38(55)32-17-28(50)19-49(32)37(30)54/h7-10,13-14,16,22-23,28-33,50H,4-6,11-12,15,17-20H2,1-3H3,(H,43,52)(H,45,51)(H2,44,46,57)/t22-,23+,28-,29+,30+,31+,32+,33?/m1/s1. The van der Waals surface area contributed by atoms with E-state index >= 15 is 0 Å². The Hall–Kier alpha value is -5.65. The zero-order chi connectivity index (χ0) is 41.8. The average Bonchev–Trinajstić information content (AvgIpc) is 3.77. The monoisotopic (exact) mass is 809 g/mol. The number of esters is 1. The summed E-state index contributed by atoms with van der Waals surface area (Å²) in [5, 5.41) is 21.1. The van der Waals surface area contributed by atoms with Crippen molar-refractivity contribution < 1.29 is 52.2 Å². The van der Waals surface area contributed by atoms with Crippen molar-refractivity contribution in [3.8, 4) is 0 Å². The number of carbonyl (C=O) groups is 7. The van der Waals surface area contributed by atoms with E-state index < -0.39 is 109 Å². The number of nitrogens with zero attached hydrogens (tertiary/aromatic N) is 3. The number of hydrogen-bond acceptors (Lipinski definition) is 9. The highest BCUT2D eigenvalue weighted by Crippen LogP contribution is 2.28. The van der Waals surface area contributed by atoms with Gasteiger partial charge in [0.2, 0.25) is 29.5 Å². The van der Waals surface area contributed by atoms with Crippen molar-refractivity contribution in [3.63, 3.8) is 0 Å². The fourth-order valence-corrected chi connectivity index (χ4v) is 8.13. The summed E-state index contributed by atoms with van der Waals surface area (Å²) >= 11 is 0. The summed E-state index contributed by atoms with van der Waals surface area (Å²) in [5.41, 5.74) is 1.29. The predicted molar refractivity (Wildman–Crippen MR) is 202 cm³/mol. The van der Waals surface area contributed by atoms with Gasteiger partial charge in [0.25, 0.3) is 0 Å². The lowest BCUT2D eigenvalue weighted by Gasteiger charge is -2.39. The molecule has 1 unspecified atom stereocenters. The molecule has 4 aliphatic heterocycles. The molecule has 2 aromatic carbocycles. The third kappa shape index (κ3) is 9.71. The second-order valence-electron chi connectivity index (χ2n) is 15.7. The number of halogens is 2. The van der Waals surface area contributed by atoms with Crippen LogP contribution in [0, 0.1) is 24.5 Å². The average molecular weight is 810 g/mol. The molecule has 312 valence electrons. The maximum Gasteiger partial charge on any atom is 0.328 e. The Morgan fingerprint density at radius 1 is 0.879 bits per heavy atom. The van der Waals surface area contributed by atoms with Gasteiger partial charge in [-0.05, 0) is 75.3 Å². The maximum absolute atomic E-state index is 14.5. The number of nitrogens with one attached hydrogen (secondary N) is 4. The molecule has 6 rings (SSSR count). The number of anilines is 1. The van der Waals surface area contributed by atoms with Gasteiger partial charge in [0, 0.05) is 44.2 Å². The molecule has 0 aromatic heterocycles. The molecule has 4 fully saturated rings. The van der Waals surface area contributed by atoms with Crippen molar-refractivity contribution in [1.82, 2.24) is 30.7 Å². The van der Waals surface area contributed by atoms with Crippen LogP contribution >= 0.6 is 0 Å². The van der Waals surface area contributed by atoms with Crippen molar-refractivity contribution in [2.24, 2.45) is 5.92 Å². The number of benzene rings is 2. The van der Waals surface area contributed by atoms with E-state index in [0.717, 1.165) is 22.6 Å². The van der Waals surface area contributed by atoms with Gasteiger partial charge in [0.05, 0.1) is 6.10 Å². The van der Waals surface area contributed by atoms with E-state index in [2.05, 4.69) is 21.3 Å². The topological polar surface area (TPSA) is 207 Å². The zero-order valence-electron chi connectivity index (χ0n) is 32.5. The SMILES string of the molecule is Cc1ccc(NC(=O)N[C@@H](Cc2cc(F)cc(F)c2)C(=O)N[C@H]2COC(=O)C3C[C@@H](C)CN3C(=O)[C@H](C)NC(=O)[C@@H]3CCCCN3C(=O)[C@@H]3C[C@@H](O)CN3C2=O)cc1. The fraction of sp³-hybridized carbons (Fsp3) is 0.525. The van der Waals surface area contributed by atoms with Crippen LogP contribution in [-0.4, -0.2) is 130 Å². The van der Waals surface area contributed by atoms with Gasteiger partial charge in [-0.15, -0.1) is 0 Å². The summed E-state index contributed by atoms with van der Waals surface area (Å²) in [6, 6.07) is 0.824. The van der Waals surface area contributed by atoms with Crippen molar-refractivity contribution in [3.05, 3.63) is 65.2 Å². The molecule has 5 N–H and O–H groups in total. The Labute approximate surface area is 334 Å². The molecule has 16 nitrogen and oxygen atoms in total. The summed E-state index contributed by atoms with van der Waals surface area (Å²) in [6.07, 6.45) is -0.105. The first-order valence-electron chi connectivity index (χ1n) is 19.5. The second-order valence-corrected chi connectivity index (χ2v) is 15.7. The molecule has 4 aliphatic rings. The van der Waals surface area contributed by atoms with Gasteiger partial charge in [0.15, 0.2) is 0 Å². The third-order valence-corrected chi connectivity index (χ3v) is 11.0. The number of ether oxygens (including phenoxy) is 1. The van der Waals surface area contributed by atoms with Gasteiger partial charge < -0.3 is 45.8 Å².